The Hall–Kier alpha value is -2.74. The third-order valence-corrected chi connectivity index (χ3v) is 10.5. The highest BCUT2D eigenvalue weighted by molar-refractivity contribution is 7.88. The highest BCUT2D eigenvalue weighted by Crippen LogP contribution is 2.34. The van der Waals surface area contributed by atoms with Crippen molar-refractivity contribution in [2.45, 2.75) is 110 Å². The summed E-state index contributed by atoms with van der Waals surface area (Å²) in [6.45, 7) is 7.98. The molecule has 1 saturated heterocycles. The van der Waals surface area contributed by atoms with Crippen molar-refractivity contribution in [3.8, 4) is 0 Å². The molecule has 13 nitrogen and oxygen atoms in total. The maximum absolute atomic E-state index is 14.2. The number of Topliss-reactive ketones (excluding diaryl/α,β-unsaturated/α-hetero) is 1. The van der Waals surface area contributed by atoms with Gasteiger partial charge >= 0.3 is 6.03 Å². The lowest BCUT2D eigenvalue weighted by Crippen LogP contribution is -2.60. The normalized spacial score (nSPS) is 23.5. The minimum Gasteiger partial charge on any atom is -0.363 e. The first-order chi connectivity index (χ1) is 20.4. The van der Waals surface area contributed by atoms with Crippen molar-refractivity contribution < 1.29 is 32.4 Å². The molecule has 0 radical (unpaired) electrons. The van der Waals surface area contributed by atoms with E-state index in [1.807, 2.05) is 27.7 Å². The summed E-state index contributed by atoms with van der Waals surface area (Å²) in [5.41, 5.74) is 4.76. The Balaban J connectivity index is 1.80. The van der Waals surface area contributed by atoms with Crippen LogP contribution in [-0.2, 0) is 29.2 Å². The zero-order valence-corrected chi connectivity index (χ0v) is 27.9. The van der Waals surface area contributed by atoms with Gasteiger partial charge in [0.2, 0.25) is 27.6 Å². The van der Waals surface area contributed by atoms with Gasteiger partial charge in [0.15, 0.2) is 0 Å². The molecule has 3 aliphatic rings. The van der Waals surface area contributed by atoms with E-state index in [9.17, 15) is 32.4 Å². The largest absolute Gasteiger partial charge is 0.363 e. The fourth-order valence-electron chi connectivity index (χ4n) is 6.19. The molecule has 2 aliphatic carbocycles. The number of nitrogens with two attached hydrogens (primary N) is 1. The van der Waals surface area contributed by atoms with Gasteiger partial charge in [0.05, 0.1) is 12.3 Å². The summed E-state index contributed by atoms with van der Waals surface area (Å²) in [5, 5.41) is 8.52. The molecule has 1 unspecified atom stereocenters. The van der Waals surface area contributed by atoms with E-state index in [-0.39, 0.29) is 30.2 Å². The minimum atomic E-state index is -3.48. The summed E-state index contributed by atoms with van der Waals surface area (Å²) in [6.07, 6.45) is 8.01. The number of carbonyl (C=O) groups is 5. The van der Waals surface area contributed by atoms with E-state index in [0.29, 0.717) is 19.4 Å². The Bertz CT molecular complexity index is 1190. The van der Waals surface area contributed by atoms with Gasteiger partial charge in [-0.15, -0.1) is 0 Å². The van der Waals surface area contributed by atoms with E-state index >= 15 is 0 Å². The van der Waals surface area contributed by atoms with Gasteiger partial charge in [0.25, 0.3) is 5.91 Å². The van der Waals surface area contributed by atoms with Crippen LogP contribution in [0.3, 0.4) is 0 Å². The van der Waals surface area contributed by atoms with Crippen LogP contribution in [0, 0.1) is 23.2 Å². The Morgan fingerprint density at radius 2 is 1.59 bits per heavy atom. The standard InChI is InChI=1S/C30H52N6O7S/c1-18-14-22(27(39)32-21(15-19-12-13-19)25(37)26(31)38)36(16-18)28(40)24(20-10-8-7-9-11-20)34-29(41)33-23(30(2,3)4)17-35(5)44(6,42)43/h18-24H,7-17H2,1-6H3,(H2,31,38)(H,32,39)(H2,33,34,41)/t18-,21?,22+,23-,24+/m1/s1. The van der Waals surface area contributed by atoms with E-state index in [2.05, 4.69) is 16.0 Å². The van der Waals surface area contributed by atoms with Crippen molar-refractivity contribution in [3.05, 3.63) is 0 Å². The number of carbonyl (C=O) groups excluding carboxylic acids is 5. The molecule has 14 heteroatoms. The average molecular weight is 641 g/mol. The molecule has 1 heterocycles. The summed E-state index contributed by atoms with van der Waals surface area (Å²) < 4.78 is 25.3. The molecule has 0 spiro atoms. The molecule has 5 N–H and O–H groups in total. The average Bonchev–Trinajstić information content (AvgIpc) is 3.66. The highest BCUT2D eigenvalue weighted by atomic mass is 32.2. The predicted molar refractivity (Wildman–Crippen MR) is 166 cm³/mol. The number of likely N-dealkylation sites (N-methyl/N-ethyl adjacent to an activating group) is 1. The van der Waals surface area contributed by atoms with Crippen LogP contribution >= 0.6 is 0 Å². The second kappa shape index (κ2) is 14.6. The fraction of sp³-hybridized carbons (Fsp3) is 0.833. The van der Waals surface area contributed by atoms with Gasteiger partial charge in [-0.05, 0) is 48.9 Å². The third-order valence-electron chi connectivity index (χ3n) is 9.27. The van der Waals surface area contributed by atoms with Crippen LogP contribution in [0.1, 0.15) is 85.5 Å². The smallest absolute Gasteiger partial charge is 0.315 e. The van der Waals surface area contributed by atoms with Crippen molar-refractivity contribution in [1.29, 1.82) is 0 Å². The molecule has 0 aromatic carbocycles. The molecular weight excluding hydrogens is 588 g/mol. The third kappa shape index (κ3) is 9.88. The van der Waals surface area contributed by atoms with Crippen LogP contribution in [0.4, 0.5) is 4.79 Å². The quantitative estimate of drug-likeness (QED) is 0.217. The summed E-state index contributed by atoms with van der Waals surface area (Å²) in [6, 6.07) is -3.92. The number of rotatable bonds is 13. The zero-order valence-electron chi connectivity index (χ0n) is 27.1. The molecule has 3 fully saturated rings. The van der Waals surface area contributed by atoms with Crippen LogP contribution in [0.15, 0.2) is 0 Å². The molecular formula is C30H52N6O7S. The topological polar surface area (TPSA) is 188 Å². The second-order valence-corrected chi connectivity index (χ2v) is 16.4. The van der Waals surface area contributed by atoms with Crippen LogP contribution in [0.25, 0.3) is 0 Å². The number of primary amides is 1. The van der Waals surface area contributed by atoms with E-state index in [0.717, 1.165) is 51.2 Å². The molecule has 250 valence electrons. The van der Waals surface area contributed by atoms with Gasteiger partial charge in [-0.2, -0.15) is 0 Å². The summed E-state index contributed by atoms with van der Waals surface area (Å²) in [4.78, 5) is 66.9. The Morgan fingerprint density at radius 1 is 0.977 bits per heavy atom. The van der Waals surface area contributed by atoms with Crippen LogP contribution in [0.5, 0.6) is 0 Å². The fourth-order valence-corrected chi connectivity index (χ4v) is 6.61. The minimum absolute atomic E-state index is 0.000979. The Morgan fingerprint density at radius 3 is 2.11 bits per heavy atom. The molecule has 2 saturated carbocycles. The monoisotopic (exact) mass is 640 g/mol. The Labute approximate surface area is 261 Å². The zero-order chi connectivity index (χ0) is 33.0. The van der Waals surface area contributed by atoms with Crippen molar-refractivity contribution in [2.24, 2.45) is 28.9 Å². The number of nitrogens with zero attached hydrogens (tertiary/aromatic N) is 2. The number of amides is 5. The summed E-state index contributed by atoms with van der Waals surface area (Å²) >= 11 is 0. The number of nitrogens with one attached hydrogen (secondary N) is 3. The van der Waals surface area contributed by atoms with Crippen molar-refractivity contribution in [1.82, 2.24) is 25.2 Å². The lowest BCUT2D eigenvalue weighted by molar-refractivity contribution is -0.143. The van der Waals surface area contributed by atoms with E-state index < -0.39 is 63.2 Å². The first kappa shape index (κ1) is 35.7. The Kier molecular flexibility index (Phi) is 11.8. The van der Waals surface area contributed by atoms with Gasteiger partial charge in [-0.1, -0.05) is 59.8 Å². The number of likely N-dealkylation sites (tertiary alicyclic amines) is 1. The molecule has 0 aromatic heterocycles. The van der Waals surface area contributed by atoms with Gasteiger partial charge in [-0.3, -0.25) is 19.2 Å². The number of hydrogen-bond donors (Lipinski definition) is 4. The molecule has 3 rings (SSSR count). The number of hydrogen-bond acceptors (Lipinski definition) is 7. The van der Waals surface area contributed by atoms with Gasteiger partial charge in [0, 0.05) is 26.2 Å². The molecule has 0 aromatic rings. The van der Waals surface area contributed by atoms with E-state index in [4.69, 9.17) is 5.73 Å². The van der Waals surface area contributed by atoms with E-state index in [1.54, 1.807) is 0 Å². The molecule has 5 amide bonds. The highest BCUT2D eigenvalue weighted by Gasteiger charge is 2.44. The van der Waals surface area contributed by atoms with Crippen molar-refractivity contribution >= 4 is 39.6 Å². The molecule has 5 atom stereocenters. The lowest BCUT2D eigenvalue weighted by atomic mass is 9.83. The SMILES string of the molecule is C[C@@H]1C[C@@H](C(=O)NC(CC2CC2)C(=O)C(N)=O)N(C(=O)[C@@H](NC(=O)N[C@H](CN(C)S(C)(=O)=O)C(C)(C)C)C2CCCCC2)C1. The van der Waals surface area contributed by atoms with Crippen LogP contribution in [0.2, 0.25) is 0 Å². The van der Waals surface area contributed by atoms with Crippen LogP contribution in [-0.4, -0.2) is 97.7 Å². The molecule has 44 heavy (non-hydrogen) atoms. The van der Waals surface area contributed by atoms with E-state index in [1.165, 1.54) is 16.3 Å². The number of ketones is 1. The number of sulfonamides is 1. The van der Waals surface area contributed by atoms with Crippen molar-refractivity contribution in [2.75, 3.05) is 26.4 Å². The van der Waals surface area contributed by atoms with Gasteiger partial charge in [0.1, 0.15) is 12.1 Å². The maximum atomic E-state index is 14.2. The van der Waals surface area contributed by atoms with Gasteiger partial charge < -0.3 is 26.6 Å². The van der Waals surface area contributed by atoms with Gasteiger partial charge in [-0.25, -0.2) is 17.5 Å². The number of urea groups is 1. The second-order valence-electron chi connectivity index (χ2n) is 14.3. The van der Waals surface area contributed by atoms with Crippen molar-refractivity contribution in [3.63, 3.8) is 0 Å². The predicted octanol–water partition coefficient (Wildman–Crippen LogP) is 1.12. The first-order valence-electron chi connectivity index (χ1n) is 15.8. The summed E-state index contributed by atoms with van der Waals surface area (Å²) in [5.74, 6) is -2.71. The van der Waals surface area contributed by atoms with Crippen LogP contribution < -0.4 is 21.7 Å². The maximum Gasteiger partial charge on any atom is 0.315 e. The molecule has 1 aliphatic heterocycles. The molecule has 0 bridgehead atoms. The lowest BCUT2D eigenvalue weighted by Gasteiger charge is -2.37. The summed E-state index contributed by atoms with van der Waals surface area (Å²) in [7, 11) is -2.03. The first-order valence-corrected chi connectivity index (χ1v) is 17.7.